The van der Waals surface area contributed by atoms with Crippen LogP contribution in [0.1, 0.15) is 0 Å². The zero-order chi connectivity index (χ0) is 7.28. The molecule has 0 radical (unpaired) electrons. The Kier molecular flexibility index (Phi) is 4.53. The van der Waals surface area contributed by atoms with Crippen LogP contribution in [0.2, 0.25) is 0 Å². The fraction of sp³-hybridized carbons (Fsp3) is 0.250. The molecule has 0 atom stereocenters. The molecular weight excluding hydrogens is 165 g/mol. The maximum atomic E-state index is 11.4. The predicted octanol–water partition coefficient (Wildman–Crippen LogP) is 1.43. The molecule has 0 rings (SSSR count). The van der Waals surface area contributed by atoms with Crippen LogP contribution in [0.3, 0.4) is 0 Å². The highest BCUT2D eigenvalue weighted by atomic mass is 35.5. The van der Waals surface area contributed by atoms with E-state index in [0.29, 0.717) is 0 Å². The molecule has 52 valence electrons. The number of carbonyl (C=O) groups is 1. The first-order valence-corrected chi connectivity index (χ1v) is 3.23. The van der Waals surface area contributed by atoms with Crippen LogP contribution in [0, 0.1) is 0 Å². The second kappa shape index (κ2) is 4.64. The molecule has 0 saturated carbocycles. The quantitative estimate of drug-likeness (QED) is 0.512. The van der Waals surface area contributed by atoms with Crippen LogP contribution >= 0.6 is 23.7 Å². The molecule has 0 saturated heterocycles. The summed E-state index contributed by atoms with van der Waals surface area (Å²) in [6.07, 6.45) is 0. The van der Waals surface area contributed by atoms with E-state index in [1.807, 2.05) is 0 Å². The van der Waals surface area contributed by atoms with Crippen LogP contribution in [0.4, 0.5) is 3.89 Å². The lowest BCUT2D eigenvalue weighted by molar-refractivity contribution is -0.108. The van der Waals surface area contributed by atoms with Gasteiger partial charge in [0.05, 0.1) is 12.1 Å². The van der Waals surface area contributed by atoms with Crippen LogP contribution in [-0.2, 0) is 4.79 Å². The lowest BCUT2D eigenvalue weighted by Gasteiger charge is -1.95. The average Bonchev–Trinajstić information content (AvgIpc) is 1.82. The first-order valence-electron chi connectivity index (χ1n) is 2.07. The van der Waals surface area contributed by atoms with E-state index in [0.717, 1.165) is 5.41 Å². The van der Waals surface area contributed by atoms with Gasteiger partial charge in [-0.3, -0.25) is 4.79 Å². The molecule has 1 N–H and O–H groups in total. The molecule has 0 unspecified atom stereocenters. The zero-order valence-corrected chi connectivity index (χ0v) is 6.22. The molecule has 0 aliphatic rings. The van der Waals surface area contributed by atoms with Gasteiger partial charge in [-0.05, 0) is 11.6 Å². The minimum atomic E-state index is -0.692. The Hall–Kier alpha value is -0.220. The van der Waals surface area contributed by atoms with Crippen molar-refractivity contribution in [2.24, 2.45) is 0 Å². The zero-order valence-electron chi connectivity index (χ0n) is 4.65. The summed E-state index contributed by atoms with van der Waals surface area (Å²) in [7, 11) is 1.49. The molecule has 0 bridgehead atoms. The molecule has 5 heteroatoms. The van der Waals surface area contributed by atoms with Crippen molar-refractivity contribution in [2.45, 2.75) is 0 Å². The van der Waals surface area contributed by atoms with E-state index in [-0.39, 0.29) is 17.8 Å². The number of carbonyl (C=O) groups excluding carboxylic acids is 1. The van der Waals surface area contributed by atoms with Gasteiger partial charge < -0.3 is 5.32 Å². The fourth-order valence-electron chi connectivity index (χ4n) is 0.248. The molecule has 0 amide bonds. The minimum Gasteiger partial charge on any atom is -0.384 e. The second-order valence-corrected chi connectivity index (χ2v) is 1.90. The van der Waals surface area contributed by atoms with E-state index in [9.17, 15) is 8.68 Å². The van der Waals surface area contributed by atoms with Crippen molar-refractivity contribution in [2.75, 3.05) is 7.05 Å². The summed E-state index contributed by atoms with van der Waals surface area (Å²) in [5.41, 5.74) is 0.0594. The standard InChI is InChI=1S/C4H5ClFNOS/c1-7-3(2-9-6)4(5)8/h2,7H,1H3/b3-2-. The van der Waals surface area contributed by atoms with Crippen molar-refractivity contribution in [3.8, 4) is 0 Å². The third-order valence-electron chi connectivity index (χ3n) is 0.643. The number of hydrogen-bond donors (Lipinski definition) is 1. The summed E-state index contributed by atoms with van der Waals surface area (Å²) >= 11 is 4.91. The lowest BCUT2D eigenvalue weighted by Crippen LogP contribution is -2.10. The SMILES string of the molecule is CN/C(=C\SF)C(=O)Cl. The van der Waals surface area contributed by atoms with Crippen LogP contribution < -0.4 is 5.32 Å². The van der Waals surface area contributed by atoms with Crippen molar-refractivity contribution in [1.82, 2.24) is 5.32 Å². The van der Waals surface area contributed by atoms with Gasteiger partial charge in [-0.25, -0.2) is 0 Å². The normalized spacial score (nSPS) is 11.2. The van der Waals surface area contributed by atoms with Crippen molar-refractivity contribution in [3.63, 3.8) is 0 Å². The molecule has 0 aliphatic carbocycles. The summed E-state index contributed by atoms with van der Waals surface area (Å²) < 4.78 is 11.4. The van der Waals surface area contributed by atoms with E-state index in [4.69, 9.17) is 11.6 Å². The Morgan fingerprint density at radius 2 is 2.44 bits per heavy atom. The highest BCUT2D eigenvalue weighted by Gasteiger charge is 2.01. The third kappa shape index (κ3) is 3.37. The first-order chi connectivity index (χ1) is 4.22. The van der Waals surface area contributed by atoms with E-state index >= 15 is 0 Å². The summed E-state index contributed by atoms with van der Waals surface area (Å²) in [5.74, 6) is 0. The summed E-state index contributed by atoms with van der Waals surface area (Å²) in [6.45, 7) is 0. The van der Waals surface area contributed by atoms with Gasteiger partial charge in [-0.1, -0.05) is 0 Å². The predicted molar refractivity (Wildman–Crippen MR) is 36.7 cm³/mol. The van der Waals surface area contributed by atoms with Crippen molar-refractivity contribution >= 4 is 29.0 Å². The van der Waals surface area contributed by atoms with Gasteiger partial charge in [-0.15, -0.1) is 0 Å². The first kappa shape index (κ1) is 8.78. The molecular formula is C4H5ClFNOS. The van der Waals surface area contributed by atoms with Gasteiger partial charge in [0, 0.05) is 12.5 Å². The highest BCUT2D eigenvalue weighted by Crippen LogP contribution is 2.07. The van der Waals surface area contributed by atoms with E-state index in [2.05, 4.69) is 5.32 Å². The average molecular weight is 170 g/mol. The van der Waals surface area contributed by atoms with Gasteiger partial charge in [0.1, 0.15) is 5.70 Å². The van der Waals surface area contributed by atoms with Gasteiger partial charge in [0.15, 0.2) is 0 Å². The summed E-state index contributed by atoms with van der Waals surface area (Å²) in [6, 6.07) is 0. The Labute approximate surface area is 61.7 Å². The van der Waals surface area contributed by atoms with Crippen molar-refractivity contribution < 1.29 is 8.68 Å². The van der Waals surface area contributed by atoms with Crippen LogP contribution in [0.25, 0.3) is 0 Å². The molecule has 9 heavy (non-hydrogen) atoms. The number of nitrogens with one attached hydrogen (secondary N) is 1. The smallest absolute Gasteiger partial charge is 0.268 e. The molecule has 0 spiro atoms. The fourth-order valence-corrected chi connectivity index (χ4v) is 0.776. The lowest BCUT2D eigenvalue weighted by atomic mass is 10.5. The number of halogens is 2. The molecule has 0 aromatic carbocycles. The molecule has 0 aliphatic heterocycles. The summed E-state index contributed by atoms with van der Waals surface area (Å²) in [5, 5.41) is 2.72. The molecule has 0 aromatic heterocycles. The van der Waals surface area contributed by atoms with E-state index < -0.39 is 5.24 Å². The molecule has 2 nitrogen and oxygen atoms in total. The number of allylic oxidation sites excluding steroid dienone is 1. The van der Waals surface area contributed by atoms with Gasteiger partial charge in [0.2, 0.25) is 0 Å². The maximum Gasteiger partial charge on any atom is 0.268 e. The largest absolute Gasteiger partial charge is 0.384 e. The third-order valence-corrected chi connectivity index (χ3v) is 1.17. The number of likely N-dealkylation sites (N-methyl/N-ethyl adjacent to an activating group) is 1. The second-order valence-electron chi connectivity index (χ2n) is 1.14. The molecule has 0 fully saturated rings. The Bertz CT molecular complexity index is 139. The van der Waals surface area contributed by atoms with Gasteiger partial charge >= 0.3 is 0 Å². The Morgan fingerprint density at radius 1 is 1.89 bits per heavy atom. The monoisotopic (exact) mass is 169 g/mol. The summed E-state index contributed by atoms with van der Waals surface area (Å²) in [4.78, 5) is 10.2. The maximum absolute atomic E-state index is 11.4. The topological polar surface area (TPSA) is 29.1 Å². The van der Waals surface area contributed by atoms with Crippen LogP contribution in [-0.4, -0.2) is 12.3 Å². The van der Waals surface area contributed by atoms with Crippen molar-refractivity contribution in [3.05, 3.63) is 11.1 Å². The Morgan fingerprint density at radius 3 is 2.56 bits per heavy atom. The minimum absolute atomic E-state index is 0.0594. The highest BCUT2D eigenvalue weighted by molar-refractivity contribution is 7.97. The molecule has 0 aromatic rings. The van der Waals surface area contributed by atoms with Gasteiger partial charge in [-0.2, -0.15) is 3.89 Å². The molecule has 0 heterocycles. The van der Waals surface area contributed by atoms with Gasteiger partial charge in [0.25, 0.3) is 5.24 Å². The van der Waals surface area contributed by atoms with Crippen molar-refractivity contribution in [1.29, 1.82) is 0 Å². The number of hydrogen-bond acceptors (Lipinski definition) is 3. The number of rotatable bonds is 3. The van der Waals surface area contributed by atoms with Crippen LogP contribution in [0.5, 0.6) is 0 Å². The van der Waals surface area contributed by atoms with E-state index in [1.54, 1.807) is 0 Å². The Balaban J connectivity index is 3.98. The van der Waals surface area contributed by atoms with Crippen LogP contribution in [0.15, 0.2) is 11.1 Å². The van der Waals surface area contributed by atoms with E-state index in [1.165, 1.54) is 7.05 Å².